The Bertz CT molecular complexity index is 768. The van der Waals surface area contributed by atoms with Crippen LogP contribution in [0, 0.1) is 6.92 Å². The van der Waals surface area contributed by atoms with Gasteiger partial charge in [0.25, 0.3) is 5.91 Å². The largest absolute Gasteiger partial charge is 0.465 e. The molecule has 0 saturated heterocycles. The number of ether oxygens (including phenoxy) is 1. The molecule has 0 spiro atoms. The molecule has 0 fully saturated rings. The van der Waals surface area contributed by atoms with Gasteiger partial charge in [-0.05, 0) is 48.9 Å². The second kappa shape index (κ2) is 6.74. The molecule has 2 aromatic carbocycles. The summed E-state index contributed by atoms with van der Waals surface area (Å²) in [5.74, 6) is -1.13. The average Bonchev–Trinajstić information content (AvgIpc) is 2.55. The smallest absolute Gasteiger partial charge is 0.416 e. The Kier molecular flexibility index (Phi) is 4.92. The quantitative estimate of drug-likeness (QED) is 0.860. The Balaban J connectivity index is 2.22. The Morgan fingerprint density at radius 1 is 1.00 bits per heavy atom. The number of hydrogen-bond donors (Lipinski definition) is 1. The molecule has 126 valence electrons. The van der Waals surface area contributed by atoms with Crippen LogP contribution in [0.15, 0.2) is 42.5 Å². The summed E-state index contributed by atoms with van der Waals surface area (Å²) in [6.45, 7) is 1.73. The summed E-state index contributed by atoms with van der Waals surface area (Å²) >= 11 is 0. The molecule has 0 aliphatic heterocycles. The summed E-state index contributed by atoms with van der Waals surface area (Å²) in [5.41, 5.74) is 0.574. The van der Waals surface area contributed by atoms with Crippen LogP contribution in [0.1, 0.15) is 31.8 Å². The van der Waals surface area contributed by atoms with Crippen LogP contribution in [-0.4, -0.2) is 19.0 Å². The predicted octanol–water partition coefficient (Wildman–Crippen LogP) is 4.05. The van der Waals surface area contributed by atoms with E-state index < -0.39 is 23.6 Å². The molecule has 0 saturated carbocycles. The van der Waals surface area contributed by atoms with E-state index in [1.54, 1.807) is 19.1 Å². The van der Waals surface area contributed by atoms with E-state index in [1.165, 1.54) is 13.2 Å². The van der Waals surface area contributed by atoms with Crippen LogP contribution in [0.5, 0.6) is 0 Å². The lowest BCUT2D eigenvalue weighted by Crippen LogP contribution is -2.14. The lowest BCUT2D eigenvalue weighted by Gasteiger charge is -2.11. The fourth-order valence-corrected chi connectivity index (χ4v) is 2.01. The second-order valence-electron chi connectivity index (χ2n) is 5.05. The lowest BCUT2D eigenvalue weighted by molar-refractivity contribution is -0.137. The van der Waals surface area contributed by atoms with Gasteiger partial charge in [-0.15, -0.1) is 0 Å². The molecule has 4 nitrogen and oxygen atoms in total. The molecule has 1 N–H and O–H groups in total. The Morgan fingerprint density at radius 3 is 2.12 bits per heavy atom. The number of anilines is 1. The number of methoxy groups -OCH3 is 1. The first-order valence-electron chi connectivity index (χ1n) is 6.90. The number of amides is 1. The molecular formula is C17H14F3NO3. The number of benzene rings is 2. The third kappa shape index (κ3) is 3.92. The summed E-state index contributed by atoms with van der Waals surface area (Å²) < 4.78 is 42.2. The first kappa shape index (κ1) is 17.5. The number of halogens is 3. The van der Waals surface area contributed by atoms with Crippen molar-refractivity contribution in [2.45, 2.75) is 13.1 Å². The zero-order valence-corrected chi connectivity index (χ0v) is 12.9. The second-order valence-corrected chi connectivity index (χ2v) is 5.05. The molecule has 2 aromatic rings. The average molecular weight is 337 g/mol. The van der Waals surface area contributed by atoms with Crippen molar-refractivity contribution in [3.63, 3.8) is 0 Å². The third-order valence-electron chi connectivity index (χ3n) is 3.38. The summed E-state index contributed by atoms with van der Waals surface area (Å²) in [6, 6.07) is 8.50. The Labute approximate surface area is 136 Å². The van der Waals surface area contributed by atoms with Gasteiger partial charge in [0, 0.05) is 11.3 Å². The predicted molar refractivity (Wildman–Crippen MR) is 81.9 cm³/mol. The maximum atomic E-state index is 12.5. The third-order valence-corrected chi connectivity index (χ3v) is 3.38. The van der Waals surface area contributed by atoms with Crippen LogP contribution in [0.2, 0.25) is 0 Å². The molecule has 0 heterocycles. The molecule has 0 aliphatic rings. The van der Waals surface area contributed by atoms with Gasteiger partial charge in [0.15, 0.2) is 0 Å². The van der Waals surface area contributed by atoms with Crippen LogP contribution in [0.25, 0.3) is 0 Å². The van der Waals surface area contributed by atoms with E-state index in [0.717, 1.165) is 24.3 Å². The van der Waals surface area contributed by atoms with E-state index in [2.05, 4.69) is 10.1 Å². The molecule has 1 amide bonds. The number of alkyl halides is 3. The highest BCUT2D eigenvalue weighted by atomic mass is 19.4. The number of carbonyl (C=O) groups is 2. The van der Waals surface area contributed by atoms with Crippen molar-refractivity contribution < 1.29 is 27.5 Å². The number of aryl methyl sites for hydroxylation is 1. The molecular weight excluding hydrogens is 323 g/mol. The van der Waals surface area contributed by atoms with Crippen molar-refractivity contribution in [3.05, 3.63) is 64.7 Å². The summed E-state index contributed by atoms with van der Waals surface area (Å²) in [7, 11) is 1.24. The fourth-order valence-electron chi connectivity index (χ4n) is 2.01. The number of esters is 1. The van der Waals surface area contributed by atoms with Crippen molar-refractivity contribution in [1.29, 1.82) is 0 Å². The molecule has 7 heteroatoms. The molecule has 2 rings (SSSR count). The van der Waals surface area contributed by atoms with Crippen LogP contribution in [0.4, 0.5) is 18.9 Å². The van der Waals surface area contributed by atoms with Crippen molar-refractivity contribution >= 4 is 17.6 Å². The van der Waals surface area contributed by atoms with Crippen molar-refractivity contribution in [2.75, 3.05) is 12.4 Å². The monoisotopic (exact) mass is 337 g/mol. The van der Waals surface area contributed by atoms with E-state index >= 15 is 0 Å². The van der Waals surface area contributed by atoms with Gasteiger partial charge in [0.1, 0.15) is 0 Å². The van der Waals surface area contributed by atoms with E-state index in [9.17, 15) is 22.8 Å². The molecule has 0 atom stereocenters. The van der Waals surface area contributed by atoms with Gasteiger partial charge < -0.3 is 10.1 Å². The van der Waals surface area contributed by atoms with Gasteiger partial charge in [-0.25, -0.2) is 4.79 Å². The standard InChI is InChI=1S/C17H14F3NO3/c1-10-3-4-12(16(23)24-2)9-14(10)21-15(22)11-5-7-13(8-6-11)17(18,19)20/h3-9H,1-2H3,(H,21,22). The van der Waals surface area contributed by atoms with Gasteiger partial charge >= 0.3 is 12.1 Å². The number of rotatable bonds is 3. The first-order chi connectivity index (χ1) is 11.2. The molecule has 0 unspecified atom stereocenters. The highest BCUT2D eigenvalue weighted by Gasteiger charge is 2.30. The zero-order valence-electron chi connectivity index (χ0n) is 12.9. The number of hydrogen-bond acceptors (Lipinski definition) is 3. The van der Waals surface area contributed by atoms with Gasteiger partial charge in [-0.2, -0.15) is 13.2 Å². The van der Waals surface area contributed by atoms with Gasteiger partial charge in [0.2, 0.25) is 0 Å². The normalized spacial score (nSPS) is 11.0. The zero-order chi connectivity index (χ0) is 17.9. The van der Waals surface area contributed by atoms with Gasteiger partial charge in [-0.1, -0.05) is 6.07 Å². The van der Waals surface area contributed by atoms with Crippen LogP contribution >= 0.6 is 0 Å². The van der Waals surface area contributed by atoms with Crippen LogP contribution in [-0.2, 0) is 10.9 Å². The Morgan fingerprint density at radius 2 is 1.58 bits per heavy atom. The van der Waals surface area contributed by atoms with Crippen molar-refractivity contribution in [1.82, 2.24) is 0 Å². The van der Waals surface area contributed by atoms with Gasteiger partial charge in [0.05, 0.1) is 18.2 Å². The summed E-state index contributed by atoms with van der Waals surface area (Å²) in [6.07, 6.45) is -4.46. The van der Waals surface area contributed by atoms with E-state index in [1.807, 2.05) is 0 Å². The molecule has 0 bridgehead atoms. The minimum atomic E-state index is -4.46. The van der Waals surface area contributed by atoms with E-state index in [0.29, 0.717) is 11.3 Å². The summed E-state index contributed by atoms with van der Waals surface area (Å²) in [5, 5.41) is 2.58. The SMILES string of the molecule is COC(=O)c1ccc(C)c(NC(=O)c2ccc(C(F)(F)F)cc2)c1. The highest BCUT2D eigenvalue weighted by molar-refractivity contribution is 6.05. The maximum Gasteiger partial charge on any atom is 0.416 e. The topological polar surface area (TPSA) is 55.4 Å². The van der Waals surface area contributed by atoms with E-state index in [4.69, 9.17) is 0 Å². The first-order valence-corrected chi connectivity index (χ1v) is 6.90. The van der Waals surface area contributed by atoms with Crippen LogP contribution < -0.4 is 5.32 Å². The summed E-state index contributed by atoms with van der Waals surface area (Å²) in [4.78, 5) is 23.7. The number of nitrogens with one attached hydrogen (secondary N) is 1. The van der Waals surface area contributed by atoms with Crippen molar-refractivity contribution in [3.8, 4) is 0 Å². The molecule has 0 aromatic heterocycles. The minimum Gasteiger partial charge on any atom is -0.465 e. The maximum absolute atomic E-state index is 12.5. The lowest BCUT2D eigenvalue weighted by atomic mass is 10.1. The van der Waals surface area contributed by atoms with Crippen molar-refractivity contribution in [2.24, 2.45) is 0 Å². The van der Waals surface area contributed by atoms with E-state index in [-0.39, 0.29) is 11.1 Å². The Hall–Kier alpha value is -2.83. The minimum absolute atomic E-state index is 0.0749. The molecule has 0 radical (unpaired) electrons. The fraction of sp³-hybridized carbons (Fsp3) is 0.176. The highest BCUT2D eigenvalue weighted by Crippen LogP contribution is 2.29. The number of carbonyl (C=O) groups excluding carboxylic acids is 2. The van der Waals surface area contributed by atoms with Crippen LogP contribution in [0.3, 0.4) is 0 Å². The van der Waals surface area contributed by atoms with Gasteiger partial charge in [-0.3, -0.25) is 4.79 Å². The molecule has 24 heavy (non-hydrogen) atoms. The molecule has 0 aliphatic carbocycles.